The van der Waals surface area contributed by atoms with Crippen LogP contribution in [0, 0.1) is 5.92 Å². The van der Waals surface area contributed by atoms with E-state index in [9.17, 15) is 4.79 Å². The maximum absolute atomic E-state index is 11.9. The Bertz CT molecular complexity index is 269. The zero-order chi connectivity index (χ0) is 9.97. The normalized spacial score (nSPS) is 34.6. The van der Waals surface area contributed by atoms with E-state index in [0.29, 0.717) is 6.04 Å². The van der Waals surface area contributed by atoms with E-state index in [1.165, 1.54) is 6.42 Å². The number of amides is 1. The lowest BCUT2D eigenvalue weighted by molar-refractivity contribution is -0.130. The third kappa shape index (κ3) is 1.61. The first kappa shape index (κ1) is 9.50. The molecule has 2 aliphatic rings. The molecule has 0 aromatic carbocycles. The standard InChI is InChI=1S/C12H17NO/c1-2-10-9-11-7-5-3-4-6-8-13(11)12(10)14/h2,5,7,10-11H,1,3-4,6,8-9H2/b7-5-/t10-,11+/m0/s1. The molecule has 0 radical (unpaired) electrons. The highest BCUT2D eigenvalue weighted by molar-refractivity contribution is 5.83. The van der Waals surface area contributed by atoms with Crippen molar-refractivity contribution in [1.82, 2.24) is 4.90 Å². The molecule has 0 unspecified atom stereocenters. The van der Waals surface area contributed by atoms with Crippen molar-refractivity contribution in [3.8, 4) is 0 Å². The highest BCUT2D eigenvalue weighted by Crippen LogP contribution is 2.28. The number of rotatable bonds is 1. The summed E-state index contributed by atoms with van der Waals surface area (Å²) in [4.78, 5) is 13.9. The number of carbonyl (C=O) groups excluding carboxylic acids is 1. The molecule has 2 aliphatic heterocycles. The van der Waals surface area contributed by atoms with Crippen LogP contribution < -0.4 is 0 Å². The molecule has 2 rings (SSSR count). The van der Waals surface area contributed by atoms with Crippen molar-refractivity contribution in [2.45, 2.75) is 31.7 Å². The minimum atomic E-state index is 0.0581. The van der Waals surface area contributed by atoms with Gasteiger partial charge < -0.3 is 4.90 Å². The Hall–Kier alpha value is -1.05. The third-order valence-electron chi connectivity index (χ3n) is 3.16. The maximum atomic E-state index is 11.9. The fourth-order valence-electron chi connectivity index (χ4n) is 2.32. The third-order valence-corrected chi connectivity index (χ3v) is 3.16. The summed E-state index contributed by atoms with van der Waals surface area (Å²) in [5.74, 6) is 0.333. The second-order valence-electron chi connectivity index (χ2n) is 4.10. The van der Waals surface area contributed by atoms with Gasteiger partial charge in [-0.15, -0.1) is 6.58 Å². The molecule has 2 nitrogen and oxygen atoms in total. The van der Waals surface area contributed by atoms with Crippen LogP contribution in [0.3, 0.4) is 0 Å². The van der Waals surface area contributed by atoms with Crippen molar-refractivity contribution in [3.63, 3.8) is 0 Å². The van der Waals surface area contributed by atoms with Crippen molar-refractivity contribution in [1.29, 1.82) is 0 Å². The quantitative estimate of drug-likeness (QED) is 0.581. The lowest BCUT2D eigenvalue weighted by atomic mass is 10.0. The van der Waals surface area contributed by atoms with Gasteiger partial charge in [0.25, 0.3) is 0 Å². The Morgan fingerprint density at radius 1 is 1.50 bits per heavy atom. The number of nitrogens with zero attached hydrogens (tertiary/aromatic N) is 1. The van der Waals surface area contributed by atoms with E-state index in [-0.39, 0.29) is 11.8 Å². The van der Waals surface area contributed by atoms with Gasteiger partial charge in [-0.05, 0) is 25.7 Å². The lowest BCUT2D eigenvalue weighted by Gasteiger charge is -2.23. The first-order valence-electron chi connectivity index (χ1n) is 5.42. The molecule has 0 aliphatic carbocycles. The van der Waals surface area contributed by atoms with Crippen molar-refractivity contribution >= 4 is 5.91 Å². The topological polar surface area (TPSA) is 20.3 Å². The fraction of sp³-hybridized carbons (Fsp3) is 0.583. The Morgan fingerprint density at radius 3 is 3.14 bits per heavy atom. The SMILES string of the molecule is C=C[C@H]1C[C@H]2/C=C\CCCCN2C1=O. The van der Waals surface area contributed by atoms with Gasteiger partial charge in [0.2, 0.25) is 5.91 Å². The predicted molar refractivity (Wildman–Crippen MR) is 56.8 cm³/mol. The molecule has 0 saturated carbocycles. The molecule has 0 aromatic rings. The fourth-order valence-corrected chi connectivity index (χ4v) is 2.32. The molecular weight excluding hydrogens is 174 g/mol. The minimum absolute atomic E-state index is 0.0581. The molecule has 0 aromatic heterocycles. The van der Waals surface area contributed by atoms with Crippen LogP contribution in [0.2, 0.25) is 0 Å². The summed E-state index contributed by atoms with van der Waals surface area (Å²) in [5.41, 5.74) is 0. The minimum Gasteiger partial charge on any atom is -0.336 e. The van der Waals surface area contributed by atoms with Crippen molar-refractivity contribution < 1.29 is 4.79 Å². The van der Waals surface area contributed by atoms with Crippen LogP contribution in [0.4, 0.5) is 0 Å². The zero-order valence-electron chi connectivity index (χ0n) is 8.48. The van der Waals surface area contributed by atoms with Crippen LogP contribution in [-0.2, 0) is 4.79 Å². The van der Waals surface area contributed by atoms with Gasteiger partial charge >= 0.3 is 0 Å². The second-order valence-corrected chi connectivity index (χ2v) is 4.10. The molecule has 2 heterocycles. The molecule has 1 saturated heterocycles. The summed E-state index contributed by atoms with van der Waals surface area (Å²) >= 11 is 0. The zero-order valence-corrected chi connectivity index (χ0v) is 8.48. The van der Waals surface area contributed by atoms with Gasteiger partial charge in [0.1, 0.15) is 0 Å². The molecule has 0 N–H and O–H groups in total. The van der Waals surface area contributed by atoms with Crippen LogP contribution in [0.25, 0.3) is 0 Å². The van der Waals surface area contributed by atoms with Gasteiger partial charge in [-0.1, -0.05) is 18.2 Å². The van der Waals surface area contributed by atoms with Crippen LogP contribution >= 0.6 is 0 Å². The molecule has 14 heavy (non-hydrogen) atoms. The molecule has 1 fully saturated rings. The first-order chi connectivity index (χ1) is 6.83. The summed E-state index contributed by atoms with van der Waals surface area (Å²) in [6.45, 7) is 4.66. The van der Waals surface area contributed by atoms with Gasteiger partial charge in [-0.25, -0.2) is 0 Å². The average Bonchev–Trinajstić information content (AvgIpc) is 2.42. The molecule has 2 heteroatoms. The molecule has 2 atom stereocenters. The van der Waals surface area contributed by atoms with Crippen LogP contribution in [0.15, 0.2) is 24.8 Å². The molecular formula is C12H17NO. The van der Waals surface area contributed by atoms with Gasteiger partial charge in [-0.2, -0.15) is 0 Å². The van der Waals surface area contributed by atoms with E-state index in [2.05, 4.69) is 18.7 Å². The summed E-state index contributed by atoms with van der Waals surface area (Å²) in [6.07, 6.45) is 10.6. The van der Waals surface area contributed by atoms with E-state index < -0.39 is 0 Å². The maximum Gasteiger partial charge on any atom is 0.230 e. The van der Waals surface area contributed by atoms with E-state index in [1.807, 2.05) is 4.90 Å². The molecule has 0 spiro atoms. The van der Waals surface area contributed by atoms with Gasteiger partial charge in [0.15, 0.2) is 0 Å². The van der Waals surface area contributed by atoms with E-state index in [1.54, 1.807) is 6.08 Å². The summed E-state index contributed by atoms with van der Waals surface area (Å²) in [5, 5.41) is 0. The summed E-state index contributed by atoms with van der Waals surface area (Å²) < 4.78 is 0. The molecule has 1 amide bonds. The van der Waals surface area contributed by atoms with Gasteiger partial charge in [0.05, 0.1) is 12.0 Å². The summed E-state index contributed by atoms with van der Waals surface area (Å²) in [6, 6.07) is 0.339. The van der Waals surface area contributed by atoms with Crippen molar-refractivity contribution in [2.75, 3.05) is 6.54 Å². The second kappa shape index (κ2) is 3.99. The largest absolute Gasteiger partial charge is 0.336 e. The van der Waals surface area contributed by atoms with E-state index >= 15 is 0 Å². The molecule has 0 bridgehead atoms. The van der Waals surface area contributed by atoms with Crippen LogP contribution in [-0.4, -0.2) is 23.4 Å². The van der Waals surface area contributed by atoms with Crippen LogP contribution in [0.1, 0.15) is 25.7 Å². The van der Waals surface area contributed by atoms with E-state index in [4.69, 9.17) is 0 Å². The molecule has 76 valence electrons. The smallest absolute Gasteiger partial charge is 0.230 e. The Kier molecular flexibility index (Phi) is 2.71. The van der Waals surface area contributed by atoms with Crippen molar-refractivity contribution in [3.05, 3.63) is 24.8 Å². The first-order valence-corrected chi connectivity index (χ1v) is 5.42. The number of allylic oxidation sites excluding steroid dienone is 1. The number of hydrogen-bond acceptors (Lipinski definition) is 1. The Balaban J connectivity index is 2.16. The van der Waals surface area contributed by atoms with E-state index in [0.717, 1.165) is 25.8 Å². The van der Waals surface area contributed by atoms with Gasteiger partial charge in [-0.3, -0.25) is 4.79 Å². The Morgan fingerprint density at radius 2 is 2.36 bits per heavy atom. The number of hydrogen-bond donors (Lipinski definition) is 0. The highest BCUT2D eigenvalue weighted by Gasteiger charge is 2.35. The Labute approximate surface area is 85.3 Å². The number of carbonyl (C=O) groups is 1. The average molecular weight is 191 g/mol. The predicted octanol–water partition coefficient (Wildman–Crippen LogP) is 2.13. The monoisotopic (exact) mass is 191 g/mol. The van der Waals surface area contributed by atoms with Gasteiger partial charge in [0, 0.05) is 6.54 Å². The summed E-state index contributed by atoms with van der Waals surface area (Å²) in [7, 11) is 0. The van der Waals surface area contributed by atoms with Crippen LogP contribution in [0.5, 0.6) is 0 Å². The van der Waals surface area contributed by atoms with Crippen molar-refractivity contribution in [2.24, 2.45) is 5.92 Å². The lowest BCUT2D eigenvalue weighted by Crippen LogP contribution is -2.34. The number of fused-ring (bicyclic) bond motifs is 1. The highest BCUT2D eigenvalue weighted by atomic mass is 16.2.